The van der Waals surface area contributed by atoms with Gasteiger partial charge >= 0.3 is 0 Å². The predicted molar refractivity (Wildman–Crippen MR) is 126 cm³/mol. The maximum atomic E-state index is 12.4. The lowest BCUT2D eigenvalue weighted by Crippen LogP contribution is -2.44. The summed E-state index contributed by atoms with van der Waals surface area (Å²) in [5.74, 6) is 0.392. The summed E-state index contributed by atoms with van der Waals surface area (Å²) in [4.78, 5) is 24.4. The third-order valence-corrected chi connectivity index (χ3v) is 6.14. The number of aromatic nitrogens is 2. The van der Waals surface area contributed by atoms with Gasteiger partial charge in [0.15, 0.2) is 0 Å². The van der Waals surface area contributed by atoms with Gasteiger partial charge in [-0.25, -0.2) is 14.3 Å². The molecule has 2 aromatic carbocycles. The fraction of sp³-hybridized carbons (Fsp3) is 0.217. The van der Waals surface area contributed by atoms with Crippen LogP contribution in [-0.4, -0.2) is 46.4 Å². The first-order valence-corrected chi connectivity index (χ1v) is 11.0. The van der Waals surface area contributed by atoms with Crippen molar-refractivity contribution >= 4 is 35.2 Å². The summed E-state index contributed by atoms with van der Waals surface area (Å²) < 4.78 is 2.29. The van der Waals surface area contributed by atoms with E-state index in [1.165, 1.54) is 0 Å². The number of rotatable bonds is 5. The average molecular weight is 446 g/mol. The van der Waals surface area contributed by atoms with Crippen molar-refractivity contribution in [2.75, 3.05) is 42.1 Å². The Morgan fingerprint density at radius 2 is 1.81 bits per heavy atom. The number of nitrogens with one attached hydrogen (secondary N) is 1. The molecule has 9 heteroatoms. The van der Waals surface area contributed by atoms with Gasteiger partial charge in [0.2, 0.25) is 5.95 Å². The van der Waals surface area contributed by atoms with Crippen LogP contribution in [0.3, 0.4) is 0 Å². The van der Waals surface area contributed by atoms with E-state index < -0.39 is 0 Å². The Morgan fingerprint density at radius 3 is 2.50 bits per heavy atom. The first kappa shape index (κ1) is 21.6. The molecule has 0 unspecified atom stereocenters. The highest BCUT2D eigenvalue weighted by Crippen LogP contribution is 2.26. The van der Waals surface area contributed by atoms with Crippen LogP contribution >= 0.6 is 11.9 Å². The minimum Gasteiger partial charge on any atom is -0.398 e. The van der Waals surface area contributed by atoms with Crippen LogP contribution in [-0.2, 0) is 0 Å². The maximum absolute atomic E-state index is 12.4. The van der Waals surface area contributed by atoms with E-state index in [1.54, 1.807) is 42.3 Å². The van der Waals surface area contributed by atoms with E-state index in [4.69, 9.17) is 11.0 Å². The molecule has 32 heavy (non-hydrogen) atoms. The molecule has 4 rings (SSSR count). The van der Waals surface area contributed by atoms with Crippen LogP contribution in [0.5, 0.6) is 0 Å². The molecule has 0 spiro atoms. The second-order valence-electron chi connectivity index (χ2n) is 7.38. The molecule has 2 heterocycles. The molecule has 0 bridgehead atoms. The molecule has 3 aromatic rings. The van der Waals surface area contributed by atoms with Gasteiger partial charge in [0.1, 0.15) is 11.8 Å². The van der Waals surface area contributed by atoms with E-state index in [0.29, 0.717) is 22.9 Å². The van der Waals surface area contributed by atoms with Crippen molar-refractivity contribution < 1.29 is 4.79 Å². The number of nitrogen functional groups attached to an aromatic ring is 1. The summed E-state index contributed by atoms with van der Waals surface area (Å²) in [5.41, 5.74) is 8.70. The number of nitriles is 1. The van der Waals surface area contributed by atoms with Gasteiger partial charge in [-0.15, -0.1) is 0 Å². The lowest BCUT2D eigenvalue weighted by atomic mass is 10.1. The number of nitrogens with zero attached hydrogens (tertiary/aromatic N) is 5. The number of nitrogens with two attached hydrogens (primary N) is 1. The highest BCUT2D eigenvalue weighted by molar-refractivity contribution is 7.97. The van der Waals surface area contributed by atoms with Crippen LogP contribution in [0, 0.1) is 18.3 Å². The van der Waals surface area contributed by atoms with Gasteiger partial charge < -0.3 is 16.0 Å². The molecule has 1 amide bonds. The van der Waals surface area contributed by atoms with Crippen LogP contribution < -0.4 is 16.0 Å². The van der Waals surface area contributed by atoms with Gasteiger partial charge in [-0.3, -0.25) is 4.79 Å². The van der Waals surface area contributed by atoms with Gasteiger partial charge in [0.25, 0.3) is 5.91 Å². The quantitative estimate of drug-likeness (QED) is 0.454. The highest BCUT2D eigenvalue weighted by Gasteiger charge is 2.20. The molecule has 0 aliphatic carbocycles. The zero-order valence-electron chi connectivity index (χ0n) is 17.7. The third-order valence-electron chi connectivity index (χ3n) is 5.03. The van der Waals surface area contributed by atoms with Gasteiger partial charge in [0, 0.05) is 48.1 Å². The topological polar surface area (TPSA) is 111 Å². The number of para-hydroxylation sites is 1. The Bertz CT molecular complexity index is 1150. The van der Waals surface area contributed by atoms with Gasteiger partial charge in [-0.1, -0.05) is 12.1 Å². The van der Waals surface area contributed by atoms with E-state index in [1.807, 2.05) is 31.2 Å². The summed E-state index contributed by atoms with van der Waals surface area (Å²) in [6.45, 7) is 5.13. The number of hydrogen-bond donors (Lipinski definition) is 2. The van der Waals surface area contributed by atoms with Crippen molar-refractivity contribution in [3.05, 3.63) is 71.5 Å². The SMILES string of the molecule is Cc1cc(C#N)nc(N2CCN(Sc3ccc(NC(=O)c4ccccc4N)cc3)CC2)n1. The summed E-state index contributed by atoms with van der Waals surface area (Å²) in [6, 6.07) is 18.5. The second kappa shape index (κ2) is 9.68. The molecule has 0 atom stereocenters. The van der Waals surface area contributed by atoms with E-state index in [9.17, 15) is 4.79 Å². The number of hydrogen-bond acceptors (Lipinski definition) is 8. The van der Waals surface area contributed by atoms with Gasteiger partial charge in [0.05, 0.1) is 5.56 Å². The number of piperazine rings is 1. The lowest BCUT2D eigenvalue weighted by molar-refractivity contribution is 0.102. The minimum absolute atomic E-state index is 0.224. The average Bonchev–Trinajstić information content (AvgIpc) is 2.80. The monoisotopic (exact) mass is 445 g/mol. The Labute approximate surface area is 191 Å². The van der Waals surface area contributed by atoms with Crippen LogP contribution in [0.15, 0.2) is 59.5 Å². The van der Waals surface area contributed by atoms with Crippen LogP contribution in [0.2, 0.25) is 0 Å². The van der Waals surface area contributed by atoms with Crippen molar-refractivity contribution in [3.63, 3.8) is 0 Å². The summed E-state index contributed by atoms with van der Waals surface area (Å²) >= 11 is 1.68. The van der Waals surface area contributed by atoms with E-state index >= 15 is 0 Å². The number of amides is 1. The van der Waals surface area contributed by atoms with Crippen LogP contribution in [0.1, 0.15) is 21.7 Å². The molecule has 0 saturated carbocycles. The van der Waals surface area contributed by atoms with Crippen LogP contribution in [0.4, 0.5) is 17.3 Å². The van der Waals surface area contributed by atoms with Crippen molar-refractivity contribution in [2.24, 2.45) is 0 Å². The first-order valence-electron chi connectivity index (χ1n) is 10.2. The van der Waals surface area contributed by atoms with Crippen molar-refractivity contribution in [3.8, 4) is 6.07 Å². The molecular weight excluding hydrogens is 422 g/mol. The Kier molecular flexibility index (Phi) is 6.54. The smallest absolute Gasteiger partial charge is 0.257 e. The number of carbonyl (C=O) groups excluding carboxylic acids is 1. The molecule has 3 N–H and O–H groups in total. The Balaban J connectivity index is 1.31. The molecule has 162 valence electrons. The molecular formula is C23H23N7OS. The Morgan fingerprint density at radius 1 is 1.09 bits per heavy atom. The number of benzene rings is 2. The summed E-state index contributed by atoms with van der Waals surface area (Å²) in [5, 5.41) is 12.0. The molecule has 1 aliphatic rings. The van der Waals surface area contributed by atoms with Crippen LogP contribution in [0.25, 0.3) is 0 Å². The Hall–Kier alpha value is -3.61. The van der Waals surface area contributed by atoms with Crippen molar-refractivity contribution in [2.45, 2.75) is 11.8 Å². The number of carbonyl (C=O) groups is 1. The third kappa shape index (κ3) is 5.17. The van der Waals surface area contributed by atoms with Gasteiger partial charge in [-0.2, -0.15) is 5.26 Å². The van der Waals surface area contributed by atoms with E-state index in [0.717, 1.165) is 42.5 Å². The molecule has 1 aromatic heterocycles. The molecule has 1 fully saturated rings. The fourth-order valence-electron chi connectivity index (χ4n) is 3.38. The van der Waals surface area contributed by atoms with Crippen molar-refractivity contribution in [1.29, 1.82) is 5.26 Å². The zero-order valence-corrected chi connectivity index (χ0v) is 18.5. The molecule has 1 saturated heterocycles. The predicted octanol–water partition coefficient (Wildman–Crippen LogP) is 3.32. The lowest BCUT2D eigenvalue weighted by Gasteiger charge is -2.33. The van der Waals surface area contributed by atoms with E-state index in [2.05, 4.69) is 30.6 Å². The number of anilines is 3. The highest BCUT2D eigenvalue weighted by atomic mass is 32.2. The number of aryl methyl sites for hydroxylation is 1. The standard InChI is InChI=1S/C23H23N7OS/c1-16-14-18(15-24)28-23(26-16)29-10-12-30(13-11-29)32-19-8-6-17(7-9-19)27-22(31)20-4-2-3-5-21(20)25/h2-9,14H,10-13,25H2,1H3,(H,27,31). The molecule has 0 radical (unpaired) electrons. The fourth-order valence-corrected chi connectivity index (χ4v) is 4.28. The maximum Gasteiger partial charge on any atom is 0.257 e. The normalized spacial score (nSPS) is 14.1. The van der Waals surface area contributed by atoms with Crippen molar-refractivity contribution in [1.82, 2.24) is 14.3 Å². The molecule has 1 aliphatic heterocycles. The molecule has 8 nitrogen and oxygen atoms in total. The summed E-state index contributed by atoms with van der Waals surface area (Å²) in [7, 11) is 0. The minimum atomic E-state index is -0.224. The van der Waals surface area contributed by atoms with Gasteiger partial charge in [-0.05, 0) is 61.3 Å². The largest absolute Gasteiger partial charge is 0.398 e. The second-order valence-corrected chi connectivity index (χ2v) is 8.55. The summed E-state index contributed by atoms with van der Waals surface area (Å²) in [6.07, 6.45) is 0. The zero-order chi connectivity index (χ0) is 22.5. The van der Waals surface area contributed by atoms with E-state index in [-0.39, 0.29) is 5.91 Å². The first-order chi connectivity index (χ1) is 15.5.